The predicted octanol–water partition coefficient (Wildman–Crippen LogP) is -0.0401. The van der Waals surface area contributed by atoms with Gasteiger partial charge in [0.25, 0.3) is 0 Å². The Bertz CT molecular complexity index is 290. The molecule has 0 radical (unpaired) electrons. The van der Waals surface area contributed by atoms with Gasteiger partial charge in [0.1, 0.15) is 25.3 Å². The van der Waals surface area contributed by atoms with Crippen molar-refractivity contribution >= 4 is 0 Å². The van der Waals surface area contributed by atoms with Crippen LogP contribution in [0.5, 0.6) is 0 Å². The van der Waals surface area contributed by atoms with Crippen LogP contribution in [0.15, 0.2) is 25.3 Å². The Morgan fingerprint density at radius 3 is 1.46 bits per heavy atom. The van der Waals surface area contributed by atoms with Gasteiger partial charge in [0.05, 0.1) is 0 Å². The zero-order chi connectivity index (χ0) is 8.93. The summed E-state index contributed by atoms with van der Waals surface area (Å²) in [6, 6.07) is 0. The van der Waals surface area contributed by atoms with Crippen molar-refractivity contribution in [3.05, 3.63) is 25.3 Å². The highest BCUT2D eigenvalue weighted by Crippen LogP contribution is 1.92. The van der Waals surface area contributed by atoms with E-state index in [4.69, 9.17) is 0 Å². The van der Waals surface area contributed by atoms with Gasteiger partial charge in [-0.2, -0.15) is 0 Å². The van der Waals surface area contributed by atoms with E-state index in [0.717, 1.165) is 19.5 Å². The first-order chi connectivity index (χ1) is 6.45. The maximum absolute atomic E-state index is 3.72. The Morgan fingerprint density at radius 2 is 1.08 bits per heavy atom. The second kappa shape index (κ2) is 3.79. The average Bonchev–Trinajstić information content (AvgIpc) is 2.75. The molecule has 2 aromatic heterocycles. The first-order valence-electron chi connectivity index (χ1n) is 4.10. The summed E-state index contributed by atoms with van der Waals surface area (Å²) in [4.78, 5) is 0. The van der Waals surface area contributed by atoms with Crippen LogP contribution < -0.4 is 0 Å². The Hall–Kier alpha value is -1.72. The van der Waals surface area contributed by atoms with Gasteiger partial charge in [-0.1, -0.05) is 0 Å². The largest absolute Gasteiger partial charge is 0.320 e. The summed E-state index contributed by atoms with van der Waals surface area (Å²) in [5, 5.41) is 14.9. The summed E-state index contributed by atoms with van der Waals surface area (Å²) >= 11 is 0. The number of aryl methyl sites for hydroxylation is 2. The van der Waals surface area contributed by atoms with E-state index in [2.05, 4.69) is 20.4 Å². The normalized spacial score (nSPS) is 10.5. The molecule has 6 heteroatoms. The van der Waals surface area contributed by atoms with Gasteiger partial charge in [0, 0.05) is 13.1 Å². The van der Waals surface area contributed by atoms with Gasteiger partial charge in [0.15, 0.2) is 0 Å². The molecule has 2 rings (SSSR count). The van der Waals surface area contributed by atoms with Crippen LogP contribution >= 0.6 is 0 Å². The van der Waals surface area contributed by atoms with Crippen LogP contribution in [0.2, 0.25) is 0 Å². The highest BCUT2D eigenvalue weighted by Gasteiger charge is 1.92. The molecule has 2 heterocycles. The molecule has 0 unspecified atom stereocenters. The van der Waals surface area contributed by atoms with E-state index >= 15 is 0 Å². The summed E-state index contributed by atoms with van der Waals surface area (Å²) < 4.78 is 3.90. The summed E-state index contributed by atoms with van der Waals surface area (Å²) in [7, 11) is 0. The molecule has 0 spiro atoms. The van der Waals surface area contributed by atoms with Crippen molar-refractivity contribution in [3.63, 3.8) is 0 Å². The van der Waals surface area contributed by atoms with E-state index < -0.39 is 0 Å². The Morgan fingerprint density at radius 1 is 0.692 bits per heavy atom. The minimum absolute atomic E-state index is 0.922. The van der Waals surface area contributed by atoms with Gasteiger partial charge in [-0.05, 0) is 6.42 Å². The molecule has 2 aromatic rings. The van der Waals surface area contributed by atoms with Crippen LogP contribution in [0.25, 0.3) is 0 Å². The number of rotatable bonds is 4. The molecule has 0 fully saturated rings. The number of aromatic nitrogens is 6. The van der Waals surface area contributed by atoms with Crippen molar-refractivity contribution in [2.24, 2.45) is 0 Å². The van der Waals surface area contributed by atoms with Crippen molar-refractivity contribution in [3.8, 4) is 0 Å². The summed E-state index contributed by atoms with van der Waals surface area (Å²) in [6.07, 6.45) is 7.88. The van der Waals surface area contributed by atoms with Gasteiger partial charge >= 0.3 is 0 Å². The maximum Gasteiger partial charge on any atom is 0.119 e. The van der Waals surface area contributed by atoms with Crippen LogP contribution in [0, 0.1) is 0 Å². The number of hydrogen-bond donors (Lipinski definition) is 0. The zero-order valence-corrected chi connectivity index (χ0v) is 7.11. The minimum Gasteiger partial charge on any atom is -0.320 e. The second-order valence-electron chi connectivity index (χ2n) is 2.75. The molecular formula is C7H10N6. The Kier molecular flexibility index (Phi) is 2.31. The molecule has 0 aliphatic carbocycles. The van der Waals surface area contributed by atoms with Crippen molar-refractivity contribution in [2.45, 2.75) is 19.5 Å². The van der Waals surface area contributed by atoms with Crippen LogP contribution in [0.4, 0.5) is 0 Å². The molecule has 0 aliphatic heterocycles. The molecule has 13 heavy (non-hydrogen) atoms. The second-order valence-corrected chi connectivity index (χ2v) is 2.75. The highest BCUT2D eigenvalue weighted by molar-refractivity contribution is 4.63. The third kappa shape index (κ3) is 2.11. The first-order valence-corrected chi connectivity index (χ1v) is 4.10. The van der Waals surface area contributed by atoms with Gasteiger partial charge in [-0.3, -0.25) is 0 Å². The quantitative estimate of drug-likeness (QED) is 0.659. The summed E-state index contributed by atoms with van der Waals surface area (Å²) in [5.41, 5.74) is 0. The SMILES string of the molecule is c1nncn1CCCn1cnnc1. The molecule has 0 amide bonds. The predicted molar refractivity (Wildman–Crippen MR) is 44.7 cm³/mol. The Balaban J connectivity index is 1.76. The lowest BCUT2D eigenvalue weighted by molar-refractivity contribution is 0.561. The molecule has 6 nitrogen and oxygen atoms in total. The van der Waals surface area contributed by atoms with E-state index in [1.54, 1.807) is 25.3 Å². The molecule has 0 bridgehead atoms. The summed E-state index contributed by atoms with van der Waals surface area (Å²) in [5.74, 6) is 0. The van der Waals surface area contributed by atoms with E-state index in [9.17, 15) is 0 Å². The smallest absolute Gasteiger partial charge is 0.119 e. The third-order valence-corrected chi connectivity index (χ3v) is 1.77. The van der Waals surface area contributed by atoms with Crippen LogP contribution in [0.3, 0.4) is 0 Å². The van der Waals surface area contributed by atoms with Gasteiger partial charge in [-0.25, -0.2) is 0 Å². The van der Waals surface area contributed by atoms with Crippen molar-refractivity contribution in [1.29, 1.82) is 0 Å². The van der Waals surface area contributed by atoms with Crippen LogP contribution in [-0.2, 0) is 13.1 Å². The Labute approximate surface area is 75.2 Å². The fourth-order valence-corrected chi connectivity index (χ4v) is 1.11. The van der Waals surface area contributed by atoms with E-state index in [1.807, 2.05) is 9.13 Å². The van der Waals surface area contributed by atoms with Crippen molar-refractivity contribution in [1.82, 2.24) is 29.5 Å². The molecule has 0 atom stereocenters. The molecule has 68 valence electrons. The molecular weight excluding hydrogens is 168 g/mol. The molecule has 0 N–H and O–H groups in total. The summed E-state index contributed by atoms with van der Waals surface area (Å²) in [6.45, 7) is 1.84. The monoisotopic (exact) mass is 178 g/mol. The highest BCUT2D eigenvalue weighted by atomic mass is 15.2. The maximum atomic E-state index is 3.72. The number of nitrogens with zero attached hydrogens (tertiary/aromatic N) is 6. The van der Waals surface area contributed by atoms with E-state index in [1.165, 1.54) is 0 Å². The number of hydrogen-bond acceptors (Lipinski definition) is 4. The zero-order valence-electron chi connectivity index (χ0n) is 7.11. The lowest BCUT2D eigenvalue weighted by atomic mass is 10.4. The van der Waals surface area contributed by atoms with Gasteiger partial charge in [-0.15, -0.1) is 20.4 Å². The van der Waals surface area contributed by atoms with Gasteiger partial charge in [0.2, 0.25) is 0 Å². The molecule has 0 aromatic carbocycles. The minimum atomic E-state index is 0.922. The molecule has 0 saturated carbocycles. The van der Waals surface area contributed by atoms with Crippen molar-refractivity contribution < 1.29 is 0 Å². The fourth-order valence-electron chi connectivity index (χ4n) is 1.11. The van der Waals surface area contributed by atoms with Crippen LogP contribution in [-0.4, -0.2) is 29.5 Å². The average molecular weight is 178 g/mol. The van der Waals surface area contributed by atoms with Crippen molar-refractivity contribution in [2.75, 3.05) is 0 Å². The lowest BCUT2D eigenvalue weighted by Crippen LogP contribution is -2.00. The first kappa shape index (κ1) is 7.90. The molecule has 0 aliphatic rings. The van der Waals surface area contributed by atoms with Crippen LogP contribution in [0.1, 0.15) is 6.42 Å². The fraction of sp³-hybridized carbons (Fsp3) is 0.429. The molecule has 0 saturated heterocycles. The third-order valence-electron chi connectivity index (χ3n) is 1.77. The topological polar surface area (TPSA) is 61.4 Å². The van der Waals surface area contributed by atoms with Gasteiger partial charge < -0.3 is 9.13 Å². The lowest BCUT2D eigenvalue weighted by Gasteiger charge is -2.00. The van der Waals surface area contributed by atoms with E-state index in [-0.39, 0.29) is 0 Å². The van der Waals surface area contributed by atoms with E-state index in [0.29, 0.717) is 0 Å². The standard InChI is InChI=1S/C7H10N6/c1(2-12-4-8-9-5-12)3-13-6-10-11-7-13/h4-7H,1-3H2.